The van der Waals surface area contributed by atoms with Crippen LogP contribution in [-0.2, 0) is 0 Å². The zero-order chi connectivity index (χ0) is 13.2. The third-order valence-corrected chi connectivity index (χ3v) is 3.43. The van der Waals surface area contributed by atoms with Crippen LogP contribution < -0.4 is 5.56 Å². The summed E-state index contributed by atoms with van der Waals surface area (Å²) in [5.41, 5.74) is -0.706. The summed E-state index contributed by atoms with van der Waals surface area (Å²) in [6.07, 6.45) is 4.93. The number of rotatable bonds is 3. The van der Waals surface area contributed by atoms with Gasteiger partial charge in [0, 0.05) is 31.4 Å². The lowest BCUT2D eigenvalue weighted by Crippen LogP contribution is -2.42. The Labute approximate surface area is 105 Å². The normalized spacial score (nSPS) is 17.7. The second-order valence-corrected chi connectivity index (χ2v) is 5.03. The first-order valence-electron chi connectivity index (χ1n) is 6.17. The molecule has 1 heterocycles. The van der Waals surface area contributed by atoms with E-state index in [2.05, 4.69) is 4.98 Å². The zero-order valence-corrected chi connectivity index (χ0v) is 10.5. The summed E-state index contributed by atoms with van der Waals surface area (Å²) >= 11 is 0. The molecule has 2 N–H and O–H groups in total. The molecular weight excluding hydrogens is 232 g/mol. The molecule has 0 saturated heterocycles. The van der Waals surface area contributed by atoms with Crippen LogP contribution in [0.5, 0.6) is 0 Å². The minimum Gasteiger partial charge on any atom is -0.388 e. The van der Waals surface area contributed by atoms with Gasteiger partial charge in [-0.3, -0.25) is 9.59 Å². The molecule has 5 nitrogen and oxygen atoms in total. The number of aromatic nitrogens is 1. The maximum Gasteiger partial charge on any atom is 0.253 e. The summed E-state index contributed by atoms with van der Waals surface area (Å²) in [5.74, 6) is -0.235. The lowest BCUT2D eigenvalue weighted by Gasteiger charge is -2.28. The highest BCUT2D eigenvalue weighted by molar-refractivity contribution is 5.93. The molecule has 98 valence electrons. The van der Waals surface area contributed by atoms with Crippen molar-refractivity contribution in [2.75, 3.05) is 13.6 Å². The van der Waals surface area contributed by atoms with E-state index in [0.29, 0.717) is 12.1 Å². The lowest BCUT2D eigenvalue weighted by atomic mass is 10.0. The topological polar surface area (TPSA) is 73.4 Å². The van der Waals surface area contributed by atoms with Crippen LogP contribution >= 0.6 is 0 Å². The maximum absolute atomic E-state index is 12.1. The standard InChI is InChI=1S/C13H18N2O3/c1-15(9-13(18)5-2-3-6-13)12(17)10-4-7-14-11(16)8-10/h4,7-8,18H,2-3,5-6,9H2,1H3,(H,14,16). The second kappa shape index (κ2) is 4.94. The third kappa shape index (κ3) is 2.79. The van der Waals surface area contributed by atoms with E-state index in [4.69, 9.17) is 0 Å². The summed E-state index contributed by atoms with van der Waals surface area (Å²) in [6, 6.07) is 2.84. The van der Waals surface area contributed by atoms with Crippen LogP contribution in [0, 0.1) is 0 Å². The highest BCUT2D eigenvalue weighted by atomic mass is 16.3. The Morgan fingerprint density at radius 1 is 1.50 bits per heavy atom. The Hall–Kier alpha value is -1.62. The van der Waals surface area contributed by atoms with Gasteiger partial charge in [0.05, 0.1) is 5.60 Å². The van der Waals surface area contributed by atoms with Crippen LogP contribution in [0.25, 0.3) is 0 Å². The average molecular weight is 250 g/mol. The number of carbonyl (C=O) groups excluding carboxylic acids is 1. The van der Waals surface area contributed by atoms with Crippen molar-refractivity contribution in [3.05, 3.63) is 34.2 Å². The number of carbonyl (C=O) groups is 1. The van der Waals surface area contributed by atoms with Crippen LogP contribution in [0.15, 0.2) is 23.1 Å². The Bertz CT molecular complexity index is 489. The number of amides is 1. The highest BCUT2D eigenvalue weighted by Gasteiger charge is 2.33. The number of H-pyrrole nitrogens is 1. The van der Waals surface area contributed by atoms with Gasteiger partial charge < -0.3 is 15.0 Å². The lowest BCUT2D eigenvalue weighted by molar-refractivity contribution is 0.0156. The van der Waals surface area contributed by atoms with Crippen molar-refractivity contribution in [1.29, 1.82) is 0 Å². The predicted molar refractivity (Wildman–Crippen MR) is 67.4 cm³/mol. The van der Waals surface area contributed by atoms with Gasteiger partial charge in [0.15, 0.2) is 0 Å². The highest BCUT2D eigenvalue weighted by Crippen LogP contribution is 2.30. The molecule has 1 fully saturated rings. The molecular formula is C13H18N2O3. The van der Waals surface area contributed by atoms with E-state index in [1.807, 2.05) is 0 Å². The van der Waals surface area contributed by atoms with Crippen molar-refractivity contribution in [1.82, 2.24) is 9.88 Å². The minimum atomic E-state index is -0.758. The molecule has 1 amide bonds. The summed E-state index contributed by atoms with van der Waals surface area (Å²) in [7, 11) is 1.65. The van der Waals surface area contributed by atoms with E-state index in [1.165, 1.54) is 17.2 Å². The van der Waals surface area contributed by atoms with Gasteiger partial charge in [0.1, 0.15) is 0 Å². The minimum absolute atomic E-state index is 0.235. The monoisotopic (exact) mass is 250 g/mol. The van der Waals surface area contributed by atoms with Crippen molar-refractivity contribution >= 4 is 5.91 Å². The quantitative estimate of drug-likeness (QED) is 0.831. The molecule has 5 heteroatoms. The predicted octanol–water partition coefficient (Wildman–Crippen LogP) is 0.752. The van der Waals surface area contributed by atoms with Gasteiger partial charge in [-0.15, -0.1) is 0 Å². The molecule has 0 radical (unpaired) electrons. The van der Waals surface area contributed by atoms with Gasteiger partial charge in [-0.05, 0) is 18.9 Å². The Morgan fingerprint density at radius 3 is 2.78 bits per heavy atom. The third-order valence-electron chi connectivity index (χ3n) is 3.43. The molecule has 0 atom stereocenters. The van der Waals surface area contributed by atoms with Crippen molar-refractivity contribution in [3.8, 4) is 0 Å². The molecule has 1 aliphatic carbocycles. The van der Waals surface area contributed by atoms with Crippen LogP contribution in [-0.4, -0.2) is 40.1 Å². The molecule has 2 rings (SSSR count). The Morgan fingerprint density at radius 2 is 2.17 bits per heavy atom. The van der Waals surface area contributed by atoms with Crippen molar-refractivity contribution in [2.24, 2.45) is 0 Å². The van der Waals surface area contributed by atoms with Crippen molar-refractivity contribution in [3.63, 3.8) is 0 Å². The molecule has 1 aromatic rings. The summed E-state index contributed by atoms with van der Waals surface area (Å²) in [5, 5.41) is 10.3. The van der Waals surface area contributed by atoms with Gasteiger partial charge >= 0.3 is 0 Å². The smallest absolute Gasteiger partial charge is 0.253 e. The van der Waals surface area contributed by atoms with E-state index in [1.54, 1.807) is 13.1 Å². The summed E-state index contributed by atoms with van der Waals surface area (Å²) < 4.78 is 0. The Balaban J connectivity index is 2.07. The number of nitrogens with zero attached hydrogens (tertiary/aromatic N) is 1. The Kier molecular flexibility index (Phi) is 3.52. The van der Waals surface area contributed by atoms with Crippen LogP contribution in [0.3, 0.4) is 0 Å². The van der Waals surface area contributed by atoms with Gasteiger partial charge in [0.2, 0.25) is 5.56 Å². The van der Waals surface area contributed by atoms with Gasteiger partial charge in [-0.25, -0.2) is 0 Å². The van der Waals surface area contributed by atoms with Crippen LogP contribution in [0.2, 0.25) is 0 Å². The average Bonchev–Trinajstić information content (AvgIpc) is 2.74. The van der Waals surface area contributed by atoms with E-state index in [0.717, 1.165) is 25.7 Å². The SMILES string of the molecule is CN(CC1(O)CCCC1)C(=O)c1cc[nH]c(=O)c1. The largest absolute Gasteiger partial charge is 0.388 e. The van der Waals surface area contributed by atoms with Gasteiger partial charge in [-0.2, -0.15) is 0 Å². The second-order valence-electron chi connectivity index (χ2n) is 5.03. The molecule has 1 aromatic heterocycles. The van der Waals surface area contributed by atoms with Crippen molar-refractivity contribution < 1.29 is 9.90 Å². The zero-order valence-electron chi connectivity index (χ0n) is 10.5. The summed E-state index contributed by atoms with van der Waals surface area (Å²) in [4.78, 5) is 27.2. The molecule has 0 unspecified atom stereocenters. The molecule has 18 heavy (non-hydrogen) atoms. The van der Waals surface area contributed by atoms with Crippen LogP contribution in [0.4, 0.5) is 0 Å². The molecule has 1 saturated carbocycles. The van der Waals surface area contributed by atoms with Gasteiger partial charge in [0.25, 0.3) is 5.91 Å². The van der Waals surface area contributed by atoms with E-state index < -0.39 is 5.60 Å². The molecule has 1 aliphatic rings. The first-order chi connectivity index (χ1) is 8.50. The molecule has 0 spiro atoms. The van der Waals surface area contributed by atoms with E-state index >= 15 is 0 Å². The fourth-order valence-corrected chi connectivity index (χ4v) is 2.50. The van der Waals surface area contributed by atoms with Crippen molar-refractivity contribution in [2.45, 2.75) is 31.3 Å². The molecule has 0 aromatic carbocycles. The number of nitrogens with one attached hydrogen (secondary N) is 1. The molecule has 0 aliphatic heterocycles. The fraction of sp³-hybridized carbons (Fsp3) is 0.538. The number of aromatic amines is 1. The first-order valence-corrected chi connectivity index (χ1v) is 6.17. The number of pyridine rings is 1. The summed E-state index contributed by atoms with van der Waals surface area (Å²) in [6.45, 7) is 0.318. The molecule has 0 bridgehead atoms. The van der Waals surface area contributed by atoms with Crippen LogP contribution in [0.1, 0.15) is 36.0 Å². The fourth-order valence-electron chi connectivity index (χ4n) is 2.50. The number of aliphatic hydroxyl groups is 1. The van der Waals surface area contributed by atoms with E-state index in [-0.39, 0.29) is 11.5 Å². The van der Waals surface area contributed by atoms with Gasteiger partial charge in [-0.1, -0.05) is 12.8 Å². The number of likely N-dealkylation sites (N-methyl/N-ethyl adjacent to an activating group) is 1. The number of hydrogen-bond acceptors (Lipinski definition) is 3. The van der Waals surface area contributed by atoms with E-state index in [9.17, 15) is 14.7 Å². The number of hydrogen-bond donors (Lipinski definition) is 2. The maximum atomic E-state index is 12.1. The first kappa shape index (κ1) is 12.8.